The molecule has 3 heterocycles. The number of nitrogens with zero attached hydrogens (tertiary/aromatic N) is 4. The predicted octanol–water partition coefficient (Wildman–Crippen LogP) is 1.34. The Morgan fingerprint density at radius 2 is 2.19 bits per heavy atom. The molecule has 0 aromatic carbocycles. The third-order valence-electron chi connectivity index (χ3n) is 4.45. The van der Waals surface area contributed by atoms with Crippen LogP contribution in [-0.4, -0.2) is 61.2 Å². The van der Waals surface area contributed by atoms with Crippen LogP contribution in [0.25, 0.3) is 0 Å². The van der Waals surface area contributed by atoms with Crippen molar-refractivity contribution in [2.45, 2.75) is 31.9 Å². The van der Waals surface area contributed by atoms with Gasteiger partial charge in [0.25, 0.3) is 0 Å². The van der Waals surface area contributed by atoms with Crippen LogP contribution in [-0.2, 0) is 11.3 Å². The Balaban J connectivity index is 1.77. The Bertz CT molecular complexity index is 481. The first kappa shape index (κ1) is 14.5. The van der Waals surface area contributed by atoms with Crippen molar-refractivity contribution in [3.05, 3.63) is 11.9 Å². The van der Waals surface area contributed by atoms with Gasteiger partial charge in [-0.25, -0.2) is 9.97 Å². The maximum Gasteiger partial charge on any atom is 0.158 e. The van der Waals surface area contributed by atoms with Crippen molar-refractivity contribution < 1.29 is 4.74 Å². The quantitative estimate of drug-likeness (QED) is 0.903. The molecule has 0 bridgehead atoms. The van der Waals surface area contributed by atoms with Gasteiger partial charge >= 0.3 is 0 Å². The summed E-state index contributed by atoms with van der Waals surface area (Å²) in [5.41, 5.74) is 0. The zero-order valence-corrected chi connectivity index (χ0v) is 13.0. The van der Waals surface area contributed by atoms with Gasteiger partial charge < -0.3 is 15.0 Å². The third kappa shape index (κ3) is 3.27. The minimum atomic E-state index is 0.450. The summed E-state index contributed by atoms with van der Waals surface area (Å²) in [6, 6.07) is 2.73. The molecule has 1 aromatic rings. The lowest BCUT2D eigenvalue weighted by atomic mass is 9.99. The van der Waals surface area contributed by atoms with Crippen LogP contribution in [0.4, 0.5) is 11.6 Å². The fraction of sp³-hybridized carbons (Fsp3) is 0.733. The number of piperazine rings is 1. The van der Waals surface area contributed by atoms with Crippen LogP contribution < -0.4 is 10.2 Å². The predicted molar refractivity (Wildman–Crippen MR) is 83.7 cm³/mol. The van der Waals surface area contributed by atoms with Gasteiger partial charge in [0, 0.05) is 45.9 Å². The molecule has 0 saturated carbocycles. The fourth-order valence-electron chi connectivity index (χ4n) is 3.33. The maximum atomic E-state index is 5.18. The van der Waals surface area contributed by atoms with Crippen molar-refractivity contribution in [2.75, 3.05) is 50.6 Å². The monoisotopic (exact) mass is 291 g/mol. The fourth-order valence-corrected chi connectivity index (χ4v) is 3.33. The molecule has 2 aliphatic heterocycles. The van der Waals surface area contributed by atoms with Crippen molar-refractivity contribution in [2.24, 2.45) is 0 Å². The number of piperidine rings is 1. The van der Waals surface area contributed by atoms with Gasteiger partial charge in [0.2, 0.25) is 0 Å². The first-order chi connectivity index (χ1) is 10.3. The molecule has 6 nitrogen and oxygen atoms in total. The average Bonchev–Trinajstić information content (AvgIpc) is 2.54. The maximum absolute atomic E-state index is 5.18. The molecule has 1 N–H and O–H groups in total. The Morgan fingerprint density at radius 3 is 3.00 bits per heavy atom. The van der Waals surface area contributed by atoms with Crippen LogP contribution in [0, 0.1) is 0 Å². The van der Waals surface area contributed by atoms with Gasteiger partial charge in [0.15, 0.2) is 5.82 Å². The molecule has 2 fully saturated rings. The van der Waals surface area contributed by atoms with Crippen LogP contribution in [0.3, 0.4) is 0 Å². The number of hydrogen-bond acceptors (Lipinski definition) is 6. The van der Waals surface area contributed by atoms with E-state index in [9.17, 15) is 0 Å². The Morgan fingerprint density at radius 1 is 1.29 bits per heavy atom. The first-order valence-electron chi connectivity index (χ1n) is 7.84. The molecular weight excluding hydrogens is 266 g/mol. The highest BCUT2D eigenvalue weighted by molar-refractivity contribution is 5.49. The van der Waals surface area contributed by atoms with Gasteiger partial charge in [-0.1, -0.05) is 6.42 Å². The molecule has 0 spiro atoms. The summed E-state index contributed by atoms with van der Waals surface area (Å²) in [6.45, 7) is 4.98. The highest BCUT2D eigenvalue weighted by Gasteiger charge is 2.29. The van der Waals surface area contributed by atoms with E-state index in [0.717, 1.165) is 37.1 Å². The molecule has 1 aromatic heterocycles. The molecule has 6 heteroatoms. The summed E-state index contributed by atoms with van der Waals surface area (Å²) in [7, 11) is 3.57. The van der Waals surface area contributed by atoms with Crippen molar-refractivity contribution >= 4 is 11.6 Å². The van der Waals surface area contributed by atoms with Gasteiger partial charge in [0.05, 0.1) is 0 Å². The average molecular weight is 291 g/mol. The van der Waals surface area contributed by atoms with E-state index < -0.39 is 0 Å². The van der Waals surface area contributed by atoms with E-state index in [1.807, 2.05) is 13.1 Å². The molecular formula is C15H25N5O. The second-order valence-corrected chi connectivity index (χ2v) is 5.84. The van der Waals surface area contributed by atoms with E-state index in [1.165, 1.54) is 25.8 Å². The summed E-state index contributed by atoms with van der Waals surface area (Å²) in [5.74, 6) is 2.62. The van der Waals surface area contributed by atoms with E-state index in [-0.39, 0.29) is 0 Å². The van der Waals surface area contributed by atoms with Gasteiger partial charge in [-0.2, -0.15) is 0 Å². The normalized spacial score (nSPS) is 23.0. The topological polar surface area (TPSA) is 53.5 Å². The largest absolute Gasteiger partial charge is 0.377 e. The summed E-state index contributed by atoms with van der Waals surface area (Å²) in [4.78, 5) is 14.1. The number of rotatable bonds is 4. The van der Waals surface area contributed by atoms with Crippen molar-refractivity contribution in [3.8, 4) is 0 Å². The molecule has 116 valence electrons. The third-order valence-corrected chi connectivity index (χ3v) is 4.45. The lowest BCUT2D eigenvalue weighted by Gasteiger charge is -2.44. The summed E-state index contributed by atoms with van der Waals surface area (Å²) in [5, 5.41) is 3.12. The molecule has 1 unspecified atom stereocenters. The molecule has 2 aliphatic rings. The van der Waals surface area contributed by atoms with Crippen LogP contribution in [0.2, 0.25) is 0 Å². The molecule has 1 atom stereocenters. The smallest absolute Gasteiger partial charge is 0.158 e. The molecule has 3 rings (SSSR count). The highest BCUT2D eigenvalue weighted by Crippen LogP contribution is 2.25. The molecule has 21 heavy (non-hydrogen) atoms. The standard InChI is InChI=1S/C15H25N5O/c1-16-13-9-15(18-14(17-13)11-21-2)20-8-7-19-6-4-3-5-12(19)10-20/h9,12H,3-8,10-11H2,1-2H3,(H,16,17,18). The number of fused-ring (bicyclic) bond motifs is 1. The number of aromatic nitrogens is 2. The number of ether oxygens (including phenoxy) is 1. The highest BCUT2D eigenvalue weighted by atomic mass is 16.5. The second-order valence-electron chi connectivity index (χ2n) is 5.84. The summed E-state index contributed by atoms with van der Waals surface area (Å²) >= 11 is 0. The van der Waals surface area contributed by atoms with Crippen LogP contribution >= 0.6 is 0 Å². The lowest BCUT2D eigenvalue weighted by Crippen LogP contribution is -2.55. The van der Waals surface area contributed by atoms with Gasteiger partial charge in [-0.15, -0.1) is 0 Å². The van der Waals surface area contributed by atoms with Crippen molar-refractivity contribution in [3.63, 3.8) is 0 Å². The molecule has 0 radical (unpaired) electrons. The minimum Gasteiger partial charge on any atom is -0.377 e. The Hall–Kier alpha value is -1.40. The minimum absolute atomic E-state index is 0.450. The number of methoxy groups -OCH3 is 1. The van der Waals surface area contributed by atoms with E-state index >= 15 is 0 Å². The summed E-state index contributed by atoms with van der Waals surface area (Å²) < 4.78 is 5.18. The molecule has 2 saturated heterocycles. The van der Waals surface area contributed by atoms with E-state index in [0.29, 0.717) is 12.6 Å². The number of hydrogen-bond donors (Lipinski definition) is 1. The zero-order chi connectivity index (χ0) is 14.7. The van der Waals surface area contributed by atoms with Crippen molar-refractivity contribution in [1.29, 1.82) is 0 Å². The van der Waals surface area contributed by atoms with Crippen LogP contribution in [0.1, 0.15) is 25.1 Å². The van der Waals surface area contributed by atoms with Crippen LogP contribution in [0.15, 0.2) is 6.07 Å². The van der Waals surface area contributed by atoms with E-state index in [2.05, 4.69) is 25.1 Å². The SMILES string of the molecule is CNc1cc(N2CCN3CCCCC3C2)nc(COC)n1. The van der Waals surface area contributed by atoms with Gasteiger partial charge in [-0.05, 0) is 19.4 Å². The van der Waals surface area contributed by atoms with Crippen molar-refractivity contribution in [1.82, 2.24) is 14.9 Å². The molecule has 0 aliphatic carbocycles. The first-order valence-corrected chi connectivity index (χ1v) is 7.84. The Labute approximate surface area is 126 Å². The molecule has 0 amide bonds. The number of nitrogens with one attached hydrogen (secondary N) is 1. The zero-order valence-electron chi connectivity index (χ0n) is 13.0. The van der Waals surface area contributed by atoms with E-state index in [4.69, 9.17) is 4.74 Å². The summed E-state index contributed by atoms with van der Waals surface area (Å²) in [6.07, 6.45) is 4.02. The van der Waals surface area contributed by atoms with E-state index in [1.54, 1.807) is 7.11 Å². The van der Waals surface area contributed by atoms with Gasteiger partial charge in [0.1, 0.15) is 18.2 Å². The lowest BCUT2D eigenvalue weighted by molar-refractivity contribution is 0.133. The van der Waals surface area contributed by atoms with Gasteiger partial charge in [-0.3, -0.25) is 4.90 Å². The second kappa shape index (κ2) is 6.58. The Kier molecular flexibility index (Phi) is 4.55. The van der Waals surface area contributed by atoms with Crippen LogP contribution in [0.5, 0.6) is 0 Å². The number of anilines is 2.